The zero-order valence-corrected chi connectivity index (χ0v) is 13.1. The van der Waals surface area contributed by atoms with Gasteiger partial charge >= 0.3 is 5.97 Å². The van der Waals surface area contributed by atoms with Crippen LogP contribution in [0.3, 0.4) is 0 Å². The van der Waals surface area contributed by atoms with Crippen molar-refractivity contribution in [3.8, 4) is 0 Å². The van der Waals surface area contributed by atoms with Gasteiger partial charge in [-0.3, -0.25) is 0 Å². The molecule has 0 unspecified atom stereocenters. The van der Waals surface area contributed by atoms with Crippen LogP contribution in [-0.2, 0) is 10.0 Å². The number of rotatable bonds is 4. The van der Waals surface area contributed by atoms with Crippen molar-refractivity contribution in [3.05, 3.63) is 23.8 Å². The molecule has 0 aliphatic rings. The van der Waals surface area contributed by atoms with E-state index in [-0.39, 0.29) is 16.0 Å². The molecule has 1 aromatic rings. The number of nitrogens with zero attached hydrogens (tertiary/aromatic N) is 1. The number of hydrogen-bond acceptors (Lipinski definition) is 4. The number of sulfonamides is 1. The maximum absolute atomic E-state index is 12.0. The van der Waals surface area contributed by atoms with Gasteiger partial charge in [0.2, 0.25) is 10.0 Å². The Morgan fingerprint density at radius 2 is 1.80 bits per heavy atom. The van der Waals surface area contributed by atoms with Crippen LogP contribution < -0.4 is 5.32 Å². The summed E-state index contributed by atoms with van der Waals surface area (Å²) in [6, 6.07) is 4.05. The van der Waals surface area contributed by atoms with E-state index in [1.54, 1.807) is 0 Å². The first-order valence-corrected chi connectivity index (χ1v) is 7.47. The molecule has 0 bridgehead atoms. The molecule has 0 aromatic heterocycles. The van der Waals surface area contributed by atoms with Crippen molar-refractivity contribution in [3.63, 3.8) is 0 Å². The minimum absolute atomic E-state index is 0.0423. The third-order valence-electron chi connectivity index (χ3n) is 2.51. The molecule has 2 N–H and O–H groups in total. The first kappa shape index (κ1) is 16.5. The third-order valence-corrected chi connectivity index (χ3v) is 4.32. The van der Waals surface area contributed by atoms with Gasteiger partial charge in [0.25, 0.3) is 0 Å². The topological polar surface area (TPSA) is 86.7 Å². The highest BCUT2D eigenvalue weighted by Gasteiger charge is 2.22. The van der Waals surface area contributed by atoms with E-state index in [0.29, 0.717) is 5.69 Å². The Morgan fingerprint density at radius 1 is 1.25 bits per heavy atom. The van der Waals surface area contributed by atoms with Gasteiger partial charge in [-0.1, -0.05) is 0 Å². The van der Waals surface area contributed by atoms with Crippen molar-refractivity contribution in [2.45, 2.75) is 31.2 Å². The quantitative estimate of drug-likeness (QED) is 0.886. The lowest BCUT2D eigenvalue weighted by atomic mass is 10.1. The monoisotopic (exact) mass is 300 g/mol. The SMILES string of the molecule is CN(C)S(=O)(=O)c1ccc(NC(C)(C)C)c(C(=O)O)c1. The lowest BCUT2D eigenvalue weighted by Gasteiger charge is -2.23. The Hall–Kier alpha value is -1.60. The van der Waals surface area contributed by atoms with Crippen molar-refractivity contribution in [1.82, 2.24) is 4.31 Å². The van der Waals surface area contributed by atoms with Gasteiger partial charge in [0.15, 0.2) is 0 Å². The molecule has 7 heteroatoms. The number of carboxylic acid groups (broad SMARTS) is 1. The third kappa shape index (κ3) is 3.71. The summed E-state index contributed by atoms with van der Waals surface area (Å²) in [4.78, 5) is 11.3. The number of carboxylic acids is 1. The van der Waals surface area contributed by atoms with Crippen LogP contribution in [0, 0.1) is 0 Å². The molecule has 0 heterocycles. The Balaban J connectivity index is 3.39. The van der Waals surface area contributed by atoms with Crippen LogP contribution in [0.25, 0.3) is 0 Å². The van der Waals surface area contributed by atoms with E-state index in [2.05, 4.69) is 5.32 Å². The fraction of sp³-hybridized carbons (Fsp3) is 0.462. The number of aromatic carboxylic acids is 1. The van der Waals surface area contributed by atoms with Crippen molar-refractivity contribution < 1.29 is 18.3 Å². The van der Waals surface area contributed by atoms with Gasteiger partial charge in [-0.2, -0.15) is 0 Å². The predicted molar refractivity (Wildman–Crippen MR) is 77.6 cm³/mol. The van der Waals surface area contributed by atoms with E-state index in [1.807, 2.05) is 20.8 Å². The summed E-state index contributed by atoms with van der Waals surface area (Å²) in [6.45, 7) is 5.68. The molecule has 1 rings (SSSR count). The van der Waals surface area contributed by atoms with Crippen molar-refractivity contribution in [2.75, 3.05) is 19.4 Å². The van der Waals surface area contributed by atoms with Gasteiger partial charge in [-0.25, -0.2) is 17.5 Å². The molecule has 0 spiro atoms. The van der Waals surface area contributed by atoms with Gasteiger partial charge in [0.05, 0.1) is 10.5 Å². The van der Waals surface area contributed by atoms with Crippen molar-refractivity contribution in [1.29, 1.82) is 0 Å². The normalized spacial score (nSPS) is 12.5. The molecule has 112 valence electrons. The van der Waals surface area contributed by atoms with E-state index in [4.69, 9.17) is 0 Å². The molecular weight excluding hydrogens is 280 g/mol. The van der Waals surface area contributed by atoms with Gasteiger partial charge in [0, 0.05) is 25.3 Å². The average Bonchev–Trinajstić information content (AvgIpc) is 2.26. The highest BCUT2D eigenvalue weighted by atomic mass is 32.2. The highest BCUT2D eigenvalue weighted by molar-refractivity contribution is 7.89. The lowest BCUT2D eigenvalue weighted by Crippen LogP contribution is -2.28. The molecule has 1 aromatic carbocycles. The molecule has 0 amide bonds. The smallest absolute Gasteiger partial charge is 0.337 e. The molecule has 0 atom stereocenters. The summed E-state index contributed by atoms with van der Waals surface area (Å²) in [6.07, 6.45) is 0. The second kappa shape index (κ2) is 5.41. The van der Waals surface area contributed by atoms with Crippen LogP contribution in [0.2, 0.25) is 0 Å². The second-order valence-corrected chi connectivity index (χ2v) is 7.83. The second-order valence-electron chi connectivity index (χ2n) is 5.67. The summed E-state index contributed by atoms with van der Waals surface area (Å²) < 4.78 is 25.1. The van der Waals surface area contributed by atoms with E-state index < -0.39 is 16.0 Å². The first-order valence-electron chi connectivity index (χ1n) is 6.03. The zero-order chi connectivity index (χ0) is 15.7. The number of anilines is 1. The largest absolute Gasteiger partial charge is 0.478 e. The fourth-order valence-electron chi connectivity index (χ4n) is 1.58. The van der Waals surface area contributed by atoms with E-state index >= 15 is 0 Å². The van der Waals surface area contributed by atoms with E-state index in [0.717, 1.165) is 4.31 Å². The van der Waals surface area contributed by atoms with Crippen LogP contribution in [0.15, 0.2) is 23.1 Å². The zero-order valence-electron chi connectivity index (χ0n) is 12.3. The highest BCUT2D eigenvalue weighted by Crippen LogP contribution is 2.24. The fourth-order valence-corrected chi connectivity index (χ4v) is 2.51. The van der Waals surface area contributed by atoms with Crippen LogP contribution in [-0.4, -0.2) is 43.4 Å². The molecule has 0 saturated heterocycles. The number of benzene rings is 1. The van der Waals surface area contributed by atoms with Gasteiger partial charge in [-0.15, -0.1) is 0 Å². The summed E-state index contributed by atoms with van der Waals surface area (Å²) >= 11 is 0. The summed E-state index contributed by atoms with van der Waals surface area (Å²) in [5, 5.41) is 12.3. The van der Waals surface area contributed by atoms with Crippen LogP contribution >= 0.6 is 0 Å². The maximum Gasteiger partial charge on any atom is 0.337 e. The standard InChI is InChI=1S/C13H20N2O4S/c1-13(2,3)14-11-7-6-9(8-10(11)12(16)17)20(18,19)15(4)5/h6-8,14H,1-5H3,(H,16,17). The van der Waals surface area contributed by atoms with Crippen LogP contribution in [0.1, 0.15) is 31.1 Å². The molecular formula is C13H20N2O4S. The van der Waals surface area contributed by atoms with Crippen LogP contribution in [0.5, 0.6) is 0 Å². The number of hydrogen-bond donors (Lipinski definition) is 2. The maximum atomic E-state index is 12.0. The van der Waals surface area contributed by atoms with Crippen molar-refractivity contribution in [2.24, 2.45) is 0 Å². The first-order chi connectivity index (χ1) is 8.95. The summed E-state index contributed by atoms with van der Waals surface area (Å²) in [7, 11) is -0.851. The Kier molecular flexibility index (Phi) is 4.45. The van der Waals surface area contributed by atoms with E-state index in [9.17, 15) is 18.3 Å². The molecule has 6 nitrogen and oxygen atoms in total. The molecule has 0 aliphatic carbocycles. The summed E-state index contributed by atoms with van der Waals surface area (Å²) in [5.41, 5.74) is -0.00265. The lowest BCUT2D eigenvalue weighted by molar-refractivity contribution is 0.0697. The minimum Gasteiger partial charge on any atom is -0.478 e. The molecule has 0 fully saturated rings. The van der Waals surface area contributed by atoms with Gasteiger partial charge < -0.3 is 10.4 Å². The number of nitrogens with one attached hydrogen (secondary N) is 1. The molecule has 0 saturated carbocycles. The Morgan fingerprint density at radius 3 is 2.20 bits per heavy atom. The average molecular weight is 300 g/mol. The molecule has 0 aliphatic heterocycles. The number of carbonyl (C=O) groups is 1. The van der Waals surface area contributed by atoms with Gasteiger partial charge in [-0.05, 0) is 39.0 Å². The van der Waals surface area contributed by atoms with E-state index in [1.165, 1.54) is 32.3 Å². The Bertz CT molecular complexity index is 616. The molecule has 20 heavy (non-hydrogen) atoms. The van der Waals surface area contributed by atoms with Gasteiger partial charge in [0.1, 0.15) is 0 Å². The van der Waals surface area contributed by atoms with Crippen molar-refractivity contribution >= 4 is 21.7 Å². The predicted octanol–water partition coefficient (Wildman–Crippen LogP) is 1.85. The minimum atomic E-state index is -3.65. The summed E-state index contributed by atoms with van der Waals surface area (Å²) in [5.74, 6) is -1.17. The van der Waals surface area contributed by atoms with Crippen LogP contribution in [0.4, 0.5) is 5.69 Å². The Labute approximate surface area is 119 Å². The molecule has 0 radical (unpaired) electrons.